The summed E-state index contributed by atoms with van der Waals surface area (Å²) in [7, 11) is 5.69. The highest BCUT2D eigenvalue weighted by atomic mass is 16.5. The molecule has 26 heavy (non-hydrogen) atoms. The Labute approximate surface area is 153 Å². The SMILES string of the molecule is CO[C@@H]1C[C@H](CNc2nnc(C)c(C)n2)N(c2cc(N(C)C)ncn2)C1. The predicted octanol–water partition coefficient (Wildman–Crippen LogP) is 1.05. The Morgan fingerprint density at radius 2 is 2.04 bits per heavy atom. The number of rotatable bonds is 6. The summed E-state index contributed by atoms with van der Waals surface area (Å²) in [4.78, 5) is 17.4. The van der Waals surface area contributed by atoms with Crippen molar-refractivity contribution in [3.05, 3.63) is 23.8 Å². The van der Waals surface area contributed by atoms with Crippen molar-refractivity contribution in [2.75, 3.05) is 49.4 Å². The van der Waals surface area contributed by atoms with E-state index in [-0.39, 0.29) is 12.1 Å². The molecule has 9 heteroatoms. The Morgan fingerprint density at radius 3 is 2.73 bits per heavy atom. The molecule has 9 nitrogen and oxygen atoms in total. The van der Waals surface area contributed by atoms with Gasteiger partial charge in [0.1, 0.15) is 18.0 Å². The van der Waals surface area contributed by atoms with Crippen molar-refractivity contribution < 1.29 is 4.74 Å². The van der Waals surface area contributed by atoms with Crippen molar-refractivity contribution in [1.82, 2.24) is 25.1 Å². The Balaban J connectivity index is 1.75. The van der Waals surface area contributed by atoms with E-state index in [9.17, 15) is 0 Å². The molecule has 1 aliphatic rings. The van der Waals surface area contributed by atoms with E-state index in [0.29, 0.717) is 12.5 Å². The number of hydrogen-bond donors (Lipinski definition) is 1. The molecule has 2 aromatic rings. The summed E-state index contributed by atoms with van der Waals surface area (Å²) >= 11 is 0. The quantitative estimate of drug-likeness (QED) is 0.813. The maximum atomic E-state index is 5.59. The third kappa shape index (κ3) is 3.98. The maximum absolute atomic E-state index is 5.59. The molecule has 3 heterocycles. The van der Waals surface area contributed by atoms with Crippen LogP contribution in [-0.4, -0.2) is 71.6 Å². The topological polar surface area (TPSA) is 92.2 Å². The smallest absolute Gasteiger partial charge is 0.243 e. The van der Waals surface area contributed by atoms with Crippen LogP contribution in [0.4, 0.5) is 17.6 Å². The fourth-order valence-corrected chi connectivity index (χ4v) is 3.00. The summed E-state index contributed by atoms with van der Waals surface area (Å²) in [6, 6.07) is 2.22. The van der Waals surface area contributed by atoms with Crippen LogP contribution in [0, 0.1) is 13.8 Å². The van der Waals surface area contributed by atoms with E-state index >= 15 is 0 Å². The van der Waals surface area contributed by atoms with E-state index in [2.05, 4.69) is 35.4 Å². The minimum absolute atomic E-state index is 0.165. The van der Waals surface area contributed by atoms with Gasteiger partial charge in [0, 0.05) is 40.4 Å². The fraction of sp³-hybridized carbons (Fsp3) is 0.588. The van der Waals surface area contributed by atoms with E-state index in [1.54, 1.807) is 13.4 Å². The molecular weight excluding hydrogens is 332 g/mol. The highest BCUT2D eigenvalue weighted by Crippen LogP contribution is 2.27. The van der Waals surface area contributed by atoms with Crippen LogP contribution in [0.15, 0.2) is 12.4 Å². The monoisotopic (exact) mass is 358 g/mol. The second-order valence-electron chi connectivity index (χ2n) is 6.72. The lowest BCUT2D eigenvalue weighted by atomic mass is 10.2. The molecule has 0 saturated carbocycles. The van der Waals surface area contributed by atoms with Crippen molar-refractivity contribution in [2.24, 2.45) is 0 Å². The minimum atomic E-state index is 0.165. The van der Waals surface area contributed by atoms with Crippen LogP contribution in [0.3, 0.4) is 0 Å². The van der Waals surface area contributed by atoms with Gasteiger partial charge < -0.3 is 19.9 Å². The molecule has 0 spiro atoms. The Morgan fingerprint density at radius 1 is 1.23 bits per heavy atom. The first kappa shape index (κ1) is 18.2. The summed E-state index contributed by atoms with van der Waals surface area (Å²) in [5.41, 5.74) is 1.72. The Hall–Kier alpha value is -2.55. The van der Waals surface area contributed by atoms with Gasteiger partial charge in [0.05, 0.1) is 23.5 Å². The van der Waals surface area contributed by atoms with Gasteiger partial charge in [-0.3, -0.25) is 0 Å². The van der Waals surface area contributed by atoms with E-state index in [4.69, 9.17) is 4.74 Å². The number of anilines is 3. The van der Waals surface area contributed by atoms with Crippen LogP contribution in [0.2, 0.25) is 0 Å². The standard InChI is InChI=1S/C17H26N8O/c1-11-12(2)22-23-17(21-11)18-8-13-6-14(26-5)9-25(13)16-7-15(24(3)4)19-10-20-16/h7,10,13-14H,6,8-9H2,1-5H3,(H,18,21,23)/t13-,14-/m1/s1. The van der Waals surface area contributed by atoms with Gasteiger partial charge in [-0.15, -0.1) is 5.10 Å². The highest BCUT2D eigenvalue weighted by molar-refractivity contribution is 5.51. The molecule has 1 fully saturated rings. The molecule has 0 amide bonds. The van der Waals surface area contributed by atoms with Gasteiger partial charge in [0.15, 0.2) is 0 Å². The number of nitrogens with one attached hydrogen (secondary N) is 1. The van der Waals surface area contributed by atoms with Gasteiger partial charge in [-0.05, 0) is 20.3 Å². The zero-order valence-corrected chi connectivity index (χ0v) is 16.0. The van der Waals surface area contributed by atoms with Crippen LogP contribution in [-0.2, 0) is 4.74 Å². The third-order valence-corrected chi connectivity index (χ3v) is 4.69. The zero-order valence-electron chi connectivity index (χ0n) is 16.0. The van der Waals surface area contributed by atoms with Crippen LogP contribution >= 0.6 is 0 Å². The molecule has 2 aromatic heterocycles. The second kappa shape index (κ2) is 7.77. The third-order valence-electron chi connectivity index (χ3n) is 4.69. The second-order valence-corrected chi connectivity index (χ2v) is 6.72. The summed E-state index contributed by atoms with van der Waals surface area (Å²) in [5, 5.41) is 11.5. The summed E-state index contributed by atoms with van der Waals surface area (Å²) < 4.78 is 5.59. The van der Waals surface area contributed by atoms with Gasteiger partial charge in [-0.1, -0.05) is 0 Å². The normalized spacial score (nSPS) is 19.7. The molecule has 0 bridgehead atoms. The Bertz CT molecular complexity index is 753. The zero-order chi connectivity index (χ0) is 18.7. The number of ether oxygens (including phenoxy) is 1. The van der Waals surface area contributed by atoms with Crippen molar-refractivity contribution in [2.45, 2.75) is 32.4 Å². The molecule has 0 aliphatic carbocycles. The first-order valence-corrected chi connectivity index (χ1v) is 8.68. The number of aryl methyl sites for hydroxylation is 2. The number of methoxy groups -OCH3 is 1. The molecule has 2 atom stereocenters. The molecular formula is C17H26N8O. The predicted molar refractivity (Wildman–Crippen MR) is 101 cm³/mol. The van der Waals surface area contributed by atoms with Crippen LogP contribution in [0.25, 0.3) is 0 Å². The summed E-state index contributed by atoms with van der Waals surface area (Å²) in [6.07, 6.45) is 2.67. The van der Waals surface area contributed by atoms with Crippen molar-refractivity contribution >= 4 is 17.6 Å². The van der Waals surface area contributed by atoms with Gasteiger partial charge in [0.2, 0.25) is 5.95 Å². The summed E-state index contributed by atoms with van der Waals surface area (Å²) in [5.74, 6) is 2.32. The molecule has 1 aliphatic heterocycles. The van der Waals surface area contributed by atoms with Gasteiger partial charge in [-0.2, -0.15) is 5.10 Å². The lowest BCUT2D eigenvalue weighted by Gasteiger charge is -2.26. The summed E-state index contributed by atoms with van der Waals surface area (Å²) in [6.45, 7) is 5.31. The Kier molecular flexibility index (Phi) is 5.46. The van der Waals surface area contributed by atoms with Crippen LogP contribution in [0.1, 0.15) is 17.8 Å². The van der Waals surface area contributed by atoms with E-state index in [1.165, 1.54) is 0 Å². The first-order valence-electron chi connectivity index (χ1n) is 8.68. The number of hydrogen-bond acceptors (Lipinski definition) is 9. The van der Waals surface area contributed by atoms with Crippen LogP contribution in [0.5, 0.6) is 0 Å². The van der Waals surface area contributed by atoms with E-state index in [0.717, 1.165) is 36.0 Å². The molecule has 0 unspecified atom stereocenters. The number of aromatic nitrogens is 5. The lowest BCUT2D eigenvalue weighted by Crippen LogP contribution is -2.36. The largest absolute Gasteiger partial charge is 0.380 e. The van der Waals surface area contributed by atoms with Crippen molar-refractivity contribution in [1.29, 1.82) is 0 Å². The fourth-order valence-electron chi connectivity index (χ4n) is 3.00. The molecule has 0 radical (unpaired) electrons. The van der Waals surface area contributed by atoms with Crippen molar-refractivity contribution in [3.63, 3.8) is 0 Å². The first-order chi connectivity index (χ1) is 12.5. The number of nitrogens with zero attached hydrogens (tertiary/aromatic N) is 7. The van der Waals surface area contributed by atoms with Gasteiger partial charge in [0.25, 0.3) is 0 Å². The van der Waals surface area contributed by atoms with E-state index < -0.39 is 0 Å². The highest BCUT2D eigenvalue weighted by Gasteiger charge is 2.33. The van der Waals surface area contributed by atoms with Crippen molar-refractivity contribution in [3.8, 4) is 0 Å². The molecule has 3 rings (SSSR count). The van der Waals surface area contributed by atoms with Gasteiger partial charge in [-0.25, -0.2) is 15.0 Å². The average molecular weight is 358 g/mol. The maximum Gasteiger partial charge on any atom is 0.243 e. The molecule has 1 saturated heterocycles. The lowest BCUT2D eigenvalue weighted by molar-refractivity contribution is 0.118. The minimum Gasteiger partial charge on any atom is -0.380 e. The van der Waals surface area contributed by atoms with Crippen LogP contribution < -0.4 is 15.1 Å². The molecule has 1 N–H and O–H groups in total. The van der Waals surface area contributed by atoms with E-state index in [1.807, 2.05) is 38.9 Å². The molecule has 0 aromatic carbocycles. The average Bonchev–Trinajstić information content (AvgIpc) is 3.06. The molecule has 140 valence electrons. The van der Waals surface area contributed by atoms with Gasteiger partial charge >= 0.3 is 0 Å².